The largest absolute Gasteiger partial charge is 0.480 e. The maximum Gasteiger partial charge on any atom is 0.471 e. The van der Waals surface area contributed by atoms with Crippen molar-refractivity contribution in [1.29, 1.82) is 0 Å². The normalized spacial score (nSPS) is 12.2. The summed E-state index contributed by atoms with van der Waals surface area (Å²) in [4.78, 5) is 60.4. The molecule has 1 atom stereocenters. The lowest BCUT2D eigenvalue weighted by atomic mass is 10.1. The number of halogens is 4. The van der Waals surface area contributed by atoms with Gasteiger partial charge in [0, 0.05) is 23.1 Å². The topological polar surface area (TPSA) is 154 Å². The van der Waals surface area contributed by atoms with Crippen LogP contribution >= 0.6 is 22.6 Å². The van der Waals surface area contributed by atoms with Gasteiger partial charge in [-0.15, -0.1) is 0 Å². The van der Waals surface area contributed by atoms with Crippen molar-refractivity contribution in [2.75, 3.05) is 26.2 Å². The van der Waals surface area contributed by atoms with Gasteiger partial charge in [0.05, 0.1) is 0 Å². The molecule has 0 spiro atoms. The molecule has 0 heterocycles. The number of ether oxygens (including phenoxy) is 1. The quantitative estimate of drug-likeness (QED) is 0.210. The molecule has 37 heavy (non-hydrogen) atoms. The number of hydrogen-bond acceptors (Lipinski definition) is 6. The Balaban J connectivity index is 2.92. The highest BCUT2D eigenvalue weighted by molar-refractivity contribution is 14.1. The van der Waals surface area contributed by atoms with E-state index in [9.17, 15) is 37.1 Å². The van der Waals surface area contributed by atoms with E-state index in [1.807, 2.05) is 0 Å². The van der Waals surface area contributed by atoms with E-state index in [2.05, 4.69) is 33.2 Å². The van der Waals surface area contributed by atoms with Crippen LogP contribution in [0.1, 0.15) is 26.3 Å². The van der Waals surface area contributed by atoms with E-state index >= 15 is 0 Å². The Labute approximate surface area is 224 Å². The Morgan fingerprint density at radius 2 is 1.57 bits per heavy atom. The number of rotatable bonds is 11. The van der Waals surface area contributed by atoms with E-state index < -0.39 is 67.2 Å². The van der Waals surface area contributed by atoms with Gasteiger partial charge in [-0.25, -0.2) is 4.79 Å². The zero-order chi connectivity index (χ0) is 28.4. The molecule has 0 aliphatic carbocycles. The number of nitrogens with one attached hydrogen (secondary N) is 3. The minimum absolute atomic E-state index is 0.0191. The van der Waals surface area contributed by atoms with Crippen molar-refractivity contribution in [2.24, 2.45) is 0 Å². The molecule has 0 aliphatic heterocycles. The summed E-state index contributed by atoms with van der Waals surface area (Å²) in [6, 6.07) is 5.70. The maximum absolute atomic E-state index is 12.7. The van der Waals surface area contributed by atoms with E-state index in [-0.39, 0.29) is 13.0 Å². The Hall–Kier alpha value is -3.11. The second-order valence-corrected chi connectivity index (χ2v) is 9.97. The lowest BCUT2D eigenvalue weighted by molar-refractivity contribution is -0.173. The average molecular weight is 644 g/mol. The Morgan fingerprint density at radius 3 is 2.08 bits per heavy atom. The lowest BCUT2D eigenvalue weighted by Crippen LogP contribution is -2.53. The summed E-state index contributed by atoms with van der Waals surface area (Å²) in [6.07, 6.45) is -6.14. The molecule has 4 amide bonds. The van der Waals surface area contributed by atoms with Crippen molar-refractivity contribution < 1.29 is 47.0 Å². The molecule has 15 heteroatoms. The van der Waals surface area contributed by atoms with Crippen LogP contribution in [-0.2, 0) is 30.3 Å². The second-order valence-electron chi connectivity index (χ2n) is 8.73. The molecule has 0 aliphatic rings. The lowest BCUT2D eigenvalue weighted by Gasteiger charge is -2.26. The summed E-state index contributed by atoms with van der Waals surface area (Å²) in [6.45, 7) is 2.23. The zero-order valence-corrected chi connectivity index (χ0v) is 22.4. The zero-order valence-electron chi connectivity index (χ0n) is 20.3. The first-order valence-electron chi connectivity index (χ1n) is 10.8. The predicted octanol–water partition coefficient (Wildman–Crippen LogP) is 1.43. The smallest absolute Gasteiger partial charge is 0.471 e. The Kier molecular flexibility index (Phi) is 12.1. The van der Waals surface area contributed by atoms with Crippen LogP contribution in [0.4, 0.5) is 18.0 Å². The first-order valence-corrected chi connectivity index (χ1v) is 11.9. The molecular weight excluding hydrogens is 616 g/mol. The summed E-state index contributed by atoms with van der Waals surface area (Å²) in [5, 5.41) is 15.4. The average Bonchev–Trinajstić information content (AvgIpc) is 2.74. The van der Waals surface area contributed by atoms with Crippen LogP contribution in [0.2, 0.25) is 0 Å². The SMILES string of the molecule is CC(C)(C)OC(=O)N(CC(=O)O)CC(=O)N[C@@H](Cc1ccc(I)cc1)C(=O)NCCNC(=O)C(F)(F)F. The molecule has 4 N–H and O–H groups in total. The molecule has 1 aromatic rings. The number of carboxylic acid groups (broad SMARTS) is 1. The fraction of sp³-hybridized carbons (Fsp3) is 0.500. The standard InChI is InChI=1S/C22H28F3IN4O7/c1-21(2,3)37-20(36)30(12-17(32)33)11-16(31)29-15(10-13-4-6-14(26)7-5-13)18(34)27-8-9-28-19(35)22(23,24)25/h4-7,15H,8-12H2,1-3H3,(H,27,34)(H,28,35)(H,29,31)(H,32,33)/t15-/m0/s1. The van der Waals surface area contributed by atoms with Crippen molar-refractivity contribution in [2.45, 2.75) is 45.0 Å². The molecule has 0 aromatic heterocycles. The van der Waals surface area contributed by atoms with Crippen LogP contribution in [0.25, 0.3) is 0 Å². The van der Waals surface area contributed by atoms with Gasteiger partial charge in [0.25, 0.3) is 0 Å². The van der Waals surface area contributed by atoms with Crippen molar-refractivity contribution in [3.8, 4) is 0 Å². The molecule has 1 rings (SSSR count). The summed E-state index contributed by atoms with van der Waals surface area (Å²) in [7, 11) is 0. The number of aliphatic carboxylic acids is 1. The summed E-state index contributed by atoms with van der Waals surface area (Å²) in [5.74, 6) is -5.20. The van der Waals surface area contributed by atoms with Crippen LogP contribution in [0.15, 0.2) is 24.3 Å². The third-order valence-corrected chi connectivity index (χ3v) is 5.00. The van der Waals surface area contributed by atoms with E-state index in [1.54, 1.807) is 50.4 Å². The van der Waals surface area contributed by atoms with Crippen molar-refractivity contribution in [3.63, 3.8) is 0 Å². The van der Waals surface area contributed by atoms with Gasteiger partial charge < -0.3 is 25.8 Å². The molecule has 206 valence electrons. The van der Waals surface area contributed by atoms with Crippen LogP contribution in [-0.4, -0.2) is 83.8 Å². The number of nitrogens with zero attached hydrogens (tertiary/aromatic N) is 1. The number of benzene rings is 1. The number of amides is 4. The van der Waals surface area contributed by atoms with Crippen LogP contribution in [0.3, 0.4) is 0 Å². The summed E-state index contributed by atoms with van der Waals surface area (Å²) >= 11 is 2.07. The first-order chi connectivity index (χ1) is 17.0. The Morgan fingerprint density at radius 1 is 1.00 bits per heavy atom. The van der Waals surface area contributed by atoms with Gasteiger partial charge in [0.15, 0.2) is 0 Å². The number of carbonyl (C=O) groups is 5. The van der Waals surface area contributed by atoms with Crippen LogP contribution in [0.5, 0.6) is 0 Å². The van der Waals surface area contributed by atoms with Crippen molar-refractivity contribution in [3.05, 3.63) is 33.4 Å². The van der Waals surface area contributed by atoms with Gasteiger partial charge in [-0.1, -0.05) is 12.1 Å². The van der Waals surface area contributed by atoms with Crippen LogP contribution in [0, 0.1) is 3.57 Å². The molecular formula is C22H28F3IN4O7. The van der Waals surface area contributed by atoms with Crippen LogP contribution < -0.4 is 16.0 Å². The van der Waals surface area contributed by atoms with E-state index in [0.29, 0.717) is 10.5 Å². The third kappa shape index (κ3) is 13.1. The van der Waals surface area contributed by atoms with E-state index in [1.165, 1.54) is 0 Å². The first kappa shape index (κ1) is 31.9. The van der Waals surface area contributed by atoms with Gasteiger partial charge in [-0.3, -0.25) is 24.1 Å². The second kappa shape index (κ2) is 14.0. The maximum atomic E-state index is 12.7. The molecule has 0 unspecified atom stereocenters. The molecule has 0 saturated heterocycles. The number of hydrogen-bond donors (Lipinski definition) is 4. The van der Waals surface area contributed by atoms with Gasteiger partial charge in [0.2, 0.25) is 11.8 Å². The molecule has 0 saturated carbocycles. The molecule has 11 nitrogen and oxygen atoms in total. The fourth-order valence-electron chi connectivity index (χ4n) is 2.74. The monoisotopic (exact) mass is 644 g/mol. The number of carboxylic acids is 1. The highest BCUT2D eigenvalue weighted by Crippen LogP contribution is 2.14. The minimum Gasteiger partial charge on any atom is -0.480 e. The highest BCUT2D eigenvalue weighted by Gasteiger charge is 2.38. The fourth-order valence-corrected chi connectivity index (χ4v) is 3.10. The van der Waals surface area contributed by atoms with Crippen molar-refractivity contribution >= 4 is 52.4 Å². The summed E-state index contributed by atoms with van der Waals surface area (Å²) in [5.41, 5.74) is -0.320. The number of carbonyl (C=O) groups excluding carboxylic acids is 4. The van der Waals surface area contributed by atoms with E-state index in [4.69, 9.17) is 9.84 Å². The van der Waals surface area contributed by atoms with Gasteiger partial charge in [-0.05, 0) is 61.1 Å². The highest BCUT2D eigenvalue weighted by atomic mass is 127. The van der Waals surface area contributed by atoms with Gasteiger partial charge in [0.1, 0.15) is 24.7 Å². The third-order valence-electron chi connectivity index (χ3n) is 4.28. The van der Waals surface area contributed by atoms with Crippen molar-refractivity contribution in [1.82, 2.24) is 20.9 Å². The molecule has 1 aromatic carbocycles. The molecule has 0 radical (unpaired) electrons. The van der Waals surface area contributed by atoms with E-state index in [0.717, 1.165) is 3.57 Å². The predicted molar refractivity (Wildman–Crippen MR) is 132 cm³/mol. The summed E-state index contributed by atoms with van der Waals surface area (Å²) < 4.78 is 42.9. The minimum atomic E-state index is -5.07. The van der Waals surface area contributed by atoms with Gasteiger partial charge >= 0.3 is 24.1 Å². The number of alkyl halides is 3. The Bertz CT molecular complexity index is 982. The molecule has 0 fully saturated rings. The molecule has 0 bridgehead atoms. The van der Waals surface area contributed by atoms with Gasteiger partial charge in [-0.2, -0.15) is 13.2 Å².